The van der Waals surface area contributed by atoms with Gasteiger partial charge in [-0.05, 0) is 60.7 Å². The van der Waals surface area contributed by atoms with Crippen molar-refractivity contribution in [1.82, 2.24) is 0 Å². The van der Waals surface area contributed by atoms with Crippen molar-refractivity contribution in [3.05, 3.63) is 83.8 Å². The summed E-state index contributed by atoms with van der Waals surface area (Å²) in [5.41, 5.74) is 1.46. The standard InChI is InChI=1S/C22H18N2O7/c1-29-21(27)14-4-8-16(9-5-14)23-19(25)13-31-22(28)15-6-10-17(11-7-15)24-20(26)18-3-2-12-30-18/h2-12H,13H2,1H3,(H,23,25)(H,24,26). The molecule has 0 saturated carbocycles. The number of ether oxygens (including phenoxy) is 2. The number of benzene rings is 2. The number of anilines is 2. The minimum atomic E-state index is -0.694. The second-order valence-electron chi connectivity index (χ2n) is 6.20. The summed E-state index contributed by atoms with van der Waals surface area (Å²) in [6, 6.07) is 15.2. The van der Waals surface area contributed by atoms with E-state index >= 15 is 0 Å². The molecule has 0 bridgehead atoms. The second-order valence-corrected chi connectivity index (χ2v) is 6.20. The van der Waals surface area contributed by atoms with Crippen LogP contribution in [0.4, 0.5) is 11.4 Å². The maximum atomic E-state index is 12.1. The Morgan fingerprint density at radius 1 is 0.806 bits per heavy atom. The highest BCUT2D eigenvalue weighted by molar-refractivity contribution is 6.02. The molecule has 31 heavy (non-hydrogen) atoms. The van der Waals surface area contributed by atoms with E-state index in [-0.39, 0.29) is 11.3 Å². The van der Waals surface area contributed by atoms with Gasteiger partial charge in [0.15, 0.2) is 12.4 Å². The van der Waals surface area contributed by atoms with Crippen LogP contribution in [0.15, 0.2) is 71.3 Å². The van der Waals surface area contributed by atoms with E-state index in [1.807, 2.05) is 0 Å². The number of hydrogen-bond acceptors (Lipinski definition) is 7. The van der Waals surface area contributed by atoms with E-state index in [4.69, 9.17) is 9.15 Å². The summed E-state index contributed by atoms with van der Waals surface area (Å²) in [6.07, 6.45) is 1.39. The third-order valence-electron chi connectivity index (χ3n) is 4.05. The number of esters is 2. The topological polar surface area (TPSA) is 124 Å². The van der Waals surface area contributed by atoms with Crippen LogP contribution in [-0.2, 0) is 14.3 Å². The number of hydrogen-bond donors (Lipinski definition) is 2. The molecule has 0 aliphatic heterocycles. The van der Waals surface area contributed by atoms with Gasteiger partial charge in [-0.1, -0.05) is 0 Å². The van der Waals surface area contributed by atoms with E-state index in [0.29, 0.717) is 16.9 Å². The normalized spacial score (nSPS) is 10.1. The summed E-state index contributed by atoms with van der Waals surface area (Å²) in [7, 11) is 1.27. The summed E-state index contributed by atoms with van der Waals surface area (Å²) < 4.78 is 14.6. The number of carbonyl (C=O) groups is 4. The first-order chi connectivity index (χ1) is 15.0. The number of rotatable bonds is 7. The smallest absolute Gasteiger partial charge is 0.338 e. The predicted octanol–water partition coefficient (Wildman–Crippen LogP) is 3.11. The van der Waals surface area contributed by atoms with Crippen LogP contribution in [0.5, 0.6) is 0 Å². The quantitative estimate of drug-likeness (QED) is 0.561. The van der Waals surface area contributed by atoms with Gasteiger partial charge in [-0.2, -0.15) is 0 Å². The minimum absolute atomic E-state index is 0.162. The molecule has 158 valence electrons. The molecule has 0 atom stereocenters. The van der Waals surface area contributed by atoms with Crippen LogP contribution in [0.25, 0.3) is 0 Å². The average Bonchev–Trinajstić information content (AvgIpc) is 3.33. The highest BCUT2D eigenvalue weighted by Gasteiger charge is 2.13. The Bertz CT molecular complexity index is 1070. The van der Waals surface area contributed by atoms with Crippen LogP contribution in [-0.4, -0.2) is 37.5 Å². The fourth-order valence-electron chi connectivity index (χ4n) is 2.51. The largest absolute Gasteiger partial charge is 0.465 e. The van der Waals surface area contributed by atoms with Crippen molar-refractivity contribution < 1.29 is 33.1 Å². The Labute approximate surface area is 177 Å². The molecular weight excluding hydrogens is 404 g/mol. The first-order valence-electron chi connectivity index (χ1n) is 9.06. The molecule has 2 amide bonds. The fraction of sp³-hybridized carbons (Fsp3) is 0.0909. The first-order valence-corrected chi connectivity index (χ1v) is 9.06. The minimum Gasteiger partial charge on any atom is -0.465 e. The van der Waals surface area contributed by atoms with E-state index in [1.54, 1.807) is 6.07 Å². The molecule has 0 aliphatic rings. The van der Waals surface area contributed by atoms with E-state index in [2.05, 4.69) is 15.4 Å². The van der Waals surface area contributed by atoms with Gasteiger partial charge in [0.05, 0.1) is 24.5 Å². The van der Waals surface area contributed by atoms with Crippen molar-refractivity contribution in [2.24, 2.45) is 0 Å². The fourth-order valence-corrected chi connectivity index (χ4v) is 2.51. The summed E-state index contributed by atoms with van der Waals surface area (Å²) in [4.78, 5) is 47.4. The molecule has 0 saturated heterocycles. The Balaban J connectivity index is 1.48. The zero-order valence-corrected chi connectivity index (χ0v) is 16.4. The lowest BCUT2D eigenvalue weighted by atomic mass is 10.2. The van der Waals surface area contributed by atoms with Gasteiger partial charge in [-0.25, -0.2) is 9.59 Å². The number of furan rings is 1. The Morgan fingerprint density at radius 2 is 1.39 bits per heavy atom. The van der Waals surface area contributed by atoms with Crippen molar-refractivity contribution in [3.8, 4) is 0 Å². The summed E-state index contributed by atoms with van der Waals surface area (Å²) in [5.74, 6) is -1.98. The molecule has 3 aromatic rings. The highest BCUT2D eigenvalue weighted by Crippen LogP contribution is 2.13. The van der Waals surface area contributed by atoms with Crippen molar-refractivity contribution in [1.29, 1.82) is 0 Å². The van der Waals surface area contributed by atoms with Crippen molar-refractivity contribution in [2.45, 2.75) is 0 Å². The van der Waals surface area contributed by atoms with Crippen LogP contribution < -0.4 is 10.6 Å². The van der Waals surface area contributed by atoms with Crippen molar-refractivity contribution in [3.63, 3.8) is 0 Å². The van der Waals surface area contributed by atoms with Crippen LogP contribution in [0.3, 0.4) is 0 Å². The Kier molecular flexibility index (Phi) is 6.79. The average molecular weight is 422 g/mol. The Hall–Kier alpha value is -4.40. The molecular formula is C22H18N2O7. The van der Waals surface area contributed by atoms with Gasteiger partial charge in [0.2, 0.25) is 0 Å². The van der Waals surface area contributed by atoms with E-state index < -0.39 is 30.4 Å². The summed E-state index contributed by atoms with van der Waals surface area (Å²) >= 11 is 0. The molecule has 3 rings (SSSR count). The molecule has 0 spiro atoms. The van der Waals surface area contributed by atoms with E-state index in [9.17, 15) is 19.2 Å². The van der Waals surface area contributed by atoms with Crippen LogP contribution in [0.2, 0.25) is 0 Å². The lowest BCUT2D eigenvalue weighted by Gasteiger charge is -2.08. The number of carbonyl (C=O) groups excluding carboxylic acids is 4. The van der Waals surface area contributed by atoms with Gasteiger partial charge in [0.25, 0.3) is 11.8 Å². The van der Waals surface area contributed by atoms with Gasteiger partial charge in [-0.15, -0.1) is 0 Å². The lowest BCUT2D eigenvalue weighted by molar-refractivity contribution is -0.119. The number of methoxy groups -OCH3 is 1. The summed E-state index contributed by atoms with van der Waals surface area (Å²) in [5, 5.41) is 5.18. The highest BCUT2D eigenvalue weighted by atomic mass is 16.5. The van der Waals surface area contributed by atoms with Crippen LogP contribution in [0, 0.1) is 0 Å². The maximum Gasteiger partial charge on any atom is 0.338 e. The van der Waals surface area contributed by atoms with Crippen LogP contribution in [0.1, 0.15) is 31.3 Å². The van der Waals surface area contributed by atoms with Crippen molar-refractivity contribution in [2.75, 3.05) is 24.4 Å². The van der Waals surface area contributed by atoms with Gasteiger partial charge < -0.3 is 24.5 Å². The van der Waals surface area contributed by atoms with E-state index in [0.717, 1.165) is 0 Å². The van der Waals surface area contributed by atoms with Gasteiger partial charge >= 0.3 is 11.9 Å². The van der Waals surface area contributed by atoms with Gasteiger partial charge in [0.1, 0.15) is 0 Å². The Morgan fingerprint density at radius 3 is 1.94 bits per heavy atom. The lowest BCUT2D eigenvalue weighted by Crippen LogP contribution is -2.21. The monoisotopic (exact) mass is 422 g/mol. The third-order valence-corrected chi connectivity index (χ3v) is 4.05. The van der Waals surface area contributed by atoms with E-state index in [1.165, 1.54) is 68.0 Å². The zero-order chi connectivity index (χ0) is 22.2. The molecule has 1 aromatic heterocycles. The molecule has 0 unspecified atom stereocenters. The predicted molar refractivity (Wildman–Crippen MR) is 110 cm³/mol. The molecule has 0 aliphatic carbocycles. The second kappa shape index (κ2) is 9.88. The number of nitrogens with one attached hydrogen (secondary N) is 2. The molecule has 9 nitrogen and oxygen atoms in total. The first kappa shape index (κ1) is 21.3. The number of amides is 2. The molecule has 1 heterocycles. The SMILES string of the molecule is COC(=O)c1ccc(NC(=O)COC(=O)c2ccc(NC(=O)c3ccco3)cc2)cc1. The maximum absolute atomic E-state index is 12.1. The van der Waals surface area contributed by atoms with Gasteiger partial charge in [-0.3, -0.25) is 9.59 Å². The van der Waals surface area contributed by atoms with Crippen molar-refractivity contribution >= 4 is 35.1 Å². The molecule has 9 heteroatoms. The molecule has 0 radical (unpaired) electrons. The van der Waals surface area contributed by atoms with Gasteiger partial charge in [0, 0.05) is 11.4 Å². The van der Waals surface area contributed by atoms with Crippen LogP contribution >= 0.6 is 0 Å². The summed E-state index contributed by atoms with van der Waals surface area (Å²) in [6.45, 7) is -0.492. The zero-order valence-electron chi connectivity index (χ0n) is 16.4. The third kappa shape index (κ3) is 5.80. The molecule has 0 fully saturated rings. The molecule has 2 aromatic carbocycles. The molecule has 2 N–H and O–H groups in total.